The molecule has 1 heterocycles. The highest BCUT2D eigenvalue weighted by Gasteiger charge is 2.26. The molecule has 0 aliphatic carbocycles. The molecule has 2 atom stereocenters. The summed E-state index contributed by atoms with van der Waals surface area (Å²) in [6, 6.07) is 6.00. The van der Waals surface area contributed by atoms with E-state index in [0.717, 1.165) is 41.1 Å². The van der Waals surface area contributed by atoms with Gasteiger partial charge in [0, 0.05) is 22.6 Å². The third-order valence-corrected chi connectivity index (χ3v) is 4.25. The molecule has 1 aromatic carbocycles. The van der Waals surface area contributed by atoms with Crippen molar-refractivity contribution < 1.29 is 5.11 Å². The predicted octanol–water partition coefficient (Wildman–Crippen LogP) is 3.31. The average molecular weight is 319 g/mol. The summed E-state index contributed by atoms with van der Waals surface area (Å²) in [6.07, 6.45) is 0.867. The van der Waals surface area contributed by atoms with Crippen LogP contribution in [0.4, 0.5) is 0 Å². The van der Waals surface area contributed by atoms with E-state index < -0.39 is 0 Å². The quantitative estimate of drug-likeness (QED) is 0.924. The van der Waals surface area contributed by atoms with Crippen molar-refractivity contribution in [3.63, 3.8) is 0 Å². The molecule has 0 amide bonds. The van der Waals surface area contributed by atoms with Crippen LogP contribution in [0.1, 0.15) is 18.9 Å². The van der Waals surface area contributed by atoms with Crippen molar-refractivity contribution in [1.82, 2.24) is 4.90 Å². The molecule has 2 rings (SSSR count). The van der Waals surface area contributed by atoms with Gasteiger partial charge in [0.15, 0.2) is 0 Å². The highest BCUT2D eigenvalue weighted by Crippen LogP contribution is 2.26. The Hall–Kier alpha value is -0.0900. The second-order valence-electron chi connectivity index (χ2n) is 4.76. The van der Waals surface area contributed by atoms with Gasteiger partial charge in [-0.05, 0) is 43.5 Å². The van der Waals surface area contributed by atoms with Crippen LogP contribution in [0.5, 0.6) is 0 Å². The first-order valence-corrected chi connectivity index (χ1v) is 7.07. The van der Waals surface area contributed by atoms with Gasteiger partial charge in [-0.25, -0.2) is 0 Å². The third kappa shape index (κ3) is 3.44. The van der Waals surface area contributed by atoms with Gasteiger partial charge in [-0.2, -0.15) is 0 Å². The van der Waals surface area contributed by atoms with Gasteiger partial charge in [-0.1, -0.05) is 33.6 Å². The number of nitrogens with zero attached hydrogens (tertiary/aromatic N) is 1. The summed E-state index contributed by atoms with van der Waals surface area (Å²) in [5.74, 6) is 0.407. The number of hydrogen-bond donors (Lipinski definition) is 1. The maximum Gasteiger partial charge on any atom is 0.0552 e. The standard InChI is InChI=1S/C13H17BrClNO/c1-9(17)10-4-5-16(7-10)8-11-2-3-12(14)6-13(11)15/h2-3,6,9-10,17H,4-5,7-8H2,1H3. The van der Waals surface area contributed by atoms with Crippen LogP contribution in [0.25, 0.3) is 0 Å². The third-order valence-electron chi connectivity index (χ3n) is 3.40. The highest BCUT2D eigenvalue weighted by atomic mass is 79.9. The van der Waals surface area contributed by atoms with Crippen LogP contribution in [0.15, 0.2) is 22.7 Å². The van der Waals surface area contributed by atoms with E-state index in [9.17, 15) is 5.11 Å². The number of aliphatic hydroxyl groups is 1. The Morgan fingerprint density at radius 2 is 2.35 bits per heavy atom. The van der Waals surface area contributed by atoms with Crippen molar-refractivity contribution in [2.75, 3.05) is 13.1 Å². The van der Waals surface area contributed by atoms with Gasteiger partial charge in [0.1, 0.15) is 0 Å². The van der Waals surface area contributed by atoms with Crippen LogP contribution in [-0.2, 0) is 6.54 Å². The van der Waals surface area contributed by atoms with Crippen LogP contribution in [0, 0.1) is 5.92 Å². The van der Waals surface area contributed by atoms with E-state index in [1.807, 2.05) is 19.1 Å². The lowest BCUT2D eigenvalue weighted by Crippen LogP contribution is -2.24. The number of likely N-dealkylation sites (tertiary alicyclic amines) is 1. The zero-order valence-electron chi connectivity index (χ0n) is 9.87. The summed E-state index contributed by atoms with van der Waals surface area (Å²) in [4.78, 5) is 2.35. The maximum absolute atomic E-state index is 9.57. The largest absolute Gasteiger partial charge is 0.393 e. The Bertz CT molecular complexity index is 397. The molecular weight excluding hydrogens is 302 g/mol. The molecule has 2 unspecified atom stereocenters. The van der Waals surface area contributed by atoms with E-state index in [1.54, 1.807) is 0 Å². The molecule has 0 spiro atoms. The Labute approximate surface area is 116 Å². The monoisotopic (exact) mass is 317 g/mol. The number of benzene rings is 1. The van der Waals surface area contributed by atoms with Crippen molar-refractivity contribution >= 4 is 27.5 Å². The molecule has 1 aliphatic heterocycles. The first-order valence-electron chi connectivity index (χ1n) is 5.90. The molecule has 17 heavy (non-hydrogen) atoms. The first kappa shape index (κ1) is 13.3. The van der Waals surface area contributed by atoms with Gasteiger partial charge >= 0.3 is 0 Å². The summed E-state index contributed by atoms with van der Waals surface area (Å²) in [5.41, 5.74) is 1.15. The van der Waals surface area contributed by atoms with Gasteiger partial charge < -0.3 is 5.11 Å². The summed E-state index contributed by atoms with van der Waals surface area (Å²) < 4.78 is 1.01. The summed E-state index contributed by atoms with van der Waals surface area (Å²) in [7, 11) is 0. The molecule has 0 bridgehead atoms. The molecular formula is C13H17BrClNO. The van der Waals surface area contributed by atoms with E-state index in [4.69, 9.17) is 11.6 Å². The SMILES string of the molecule is CC(O)C1CCN(Cc2ccc(Br)cc2Cl)C1. The number of rotatable bonds is 3. The van der Waals surface area contributed by atoms with Crippen molar-refractivity contribution in [3.8, 4) is 0 Å². The number of hydrogen-bond acceptors (Lipinski definition) is 2. The Morgan fingerprint density at radius 1 is 1.59 bits per heavy atom. The van der Waals surface area contributed by atoms with Crippen LogP contribution in [0.3, 0.4) is 0 Å². The predicted molar refractivity (Wildman–Crippen MR) is 74.2 cm³/mol. The molecule has 1 aromatic rings. The molecule has 1 saturated heterocycles. The minimum Gasteiger partial charge on any atom is -0.393 e. The lowest BCUT2D eigenvalue weighted by atomic mass is 10.0. The fourth-order valence-electron chi connectivity index (χ4n) is 2.29. The topological polar surface area (TPSA) is 23.5 Å². The van der Waals surface area contributed by atoms with Crippen LogP contribution in [-0.4, -0.2) is 29.2 Å². The van der Waals surface area contributed by atoms with E-state index in [2.05, 4.69) is 26.9 Å². The molecule has 0 aromatic heterocycles. The Kier molecular flexibility index (Phi) is 4.47. The lowest BCUT2D eigenvalue weighted by molar-refractivity contribution is 0.127. The van der Waals surface area contributed by atoms with E-state index in [0.29, 0.717) is 5.92 Å². The zero-order chi connectivity index (χ0) is 12.4. The van der Waals surface area contributed by atoms with Gasteiger partial charge in [-0.3, -0.25) is 4.90 Å². The van der Waals surface area contributed by atoms with Gasteiger partial charge in [0.2, 0.25) is 0 Å². The fraction of sp³-hybridized carbons (Fsp3) is 0.538. The van der Waals surface area contributed by atoms with E-state index in [1.165, 1.54) is 0 Å². The lowest BCUT2D eigenvalue weighted by Gasteiger charge is -2.18. The van der Waals surface area contributed by atoms with Gasteiger partial charge in [0.25, 0.3) is 0 Å². The van der Waals surface area contributed by atoms with Crippen LogP contribution in [0.2, 0.25) is 5.02 Å². The molecule has 4 heteroatoms. The molecule has 2 nitrogen and oxygen atoms in total. The first-order chi connectivity index (χ1) is 8.06. The summed E-state index contributed by atoms with van der Waals surface area (Å²) >= 11 is 9.61. The molecule has 0 radical (unpaired) electrons. The van der Waals surface area contributed by atoms with Crippen LogP contribution >= 0.6 is 27.5 Å². The Morgan fingerprint density at radius 3 is 2.94 bits per heavy atom. The molecule has 1 aliphatic rings. The smallest absolute Gasteiger partial charge is 0.0552 e. The average Bonchev–Trinajstić information content (AvgIpc) is 2.71. The molecule has 0 saturated carbocycles. The minimum absolute atomic E-state index is 0.208. The minimum atomic E-state index is -0.208. The second-order valence-corrected chi connectivity index (χ2v) is 6.08. The van der Waals surface area contributed by atoms with Crippen molar-refractivity contribution in [3.05, 3.63) is 33.3 Å². The molecule has 94 valence electrons. The Balaban J connectivity index is 1.98. The molecule has 1 fully saturated rings. The van der Waals surface area contributed by atoms with Crippen molar-refractivity contribution in [2.45, 2.75) is 26.0 Å². The molecule has 1 N–H and O–H groups in total. The zero-order valence-corrected chi connectivity index (χ0v) is 12.2. The van der Waals surface area contributed by atoms with Crippen molar-refractivity contribution in [1.29, 1.82) is 0 Å². The van der Waals surface area contributed by atoms with Gasteiger partial charge in [0.05, 0.1) is 6.10 Å². The van der Waals surface area contributed by atoms with Crippen molar-refractivity contribution in [2.24, 2.45) is 5.92 Å². The number of aliphatic hydroxyl groups excluding tert-OH is 1. The number of halogens is 2. The van der Waals surface area contributed by atoms with Gasteiger partial charge in [-0.15, -0.1) is 0 Å². The summed E-state index contributed by atoms with van der Waals surface area (Å²) in [6.45, 7) is 4.75. The van der Waals surface area contributed by atoms with E-state index >= 15 is 0 Å². The highest BCUT2D eigenvalue weighted by molar-refractivity contribution is 9.10. The van der Waals surface area contributed by atoms with Crippen LogP contribution < -0.4 is 0 Å². The van der Waals surface area contributed by atoms with E-state index in [-0.39, 0.29) is 6.10 Å². The normalized spacial score (nSPS) is 22.9. The summed E-state index contributed by atoms with van der Waals surface area (Å²) in [5, 5.41) is 10.4. The maximum atomic E-state index is 9.57. The fourth-order valence-corrected chi connectivity index (χ4v) is 3.02. The second kappa shape index (κ2) is 5.70.